The van der Waals surface area contributed by atoms with Gasteiger partial charge in [0.1, 0.15) is 11.6 Å². The van der Waals surface area contributed by atoms with Crippen LogP contribution in [0.5, 0.6) is 5.75 Å². The number of benzene rings is 2. The molecule has 0 aliphatic rings. The first-order valence-electron chi connectivity index (χ1n) is 8.17. The Labute approximate surface area is 150 Å². The molecule has 1 aromatic heterocycles. The van der Waals surface area contributed by atoms with E-state index in [1.165, 1.54) is 12.1 Å². The van der Waals surface area contributed by atoms with Gasteiger partial charge in [-0.1, -0.05) is 31.2 Å². The van der Waals surface area contributed by atoms with E-state index in [2.05, 4.69) is 15.6 Å². The van der Waals surface area contributed by atoms with Gasteiger partial charge in [-0.25, -0.2) is 9.07 Å². The maximum Gasteiger partial charge on any atom is 0.278 e. The Morgan fingerprint density at radius 1 is 1.15 bits per heavy atom. The Morgan fingerprint density at radius 2 is 1.85 bits per heavy atom. The van der Waals surface area contributed by atoms with Gasteiger partial charge in [-0.05, 0) is 42.3 Å². The van der Waals surface area contributed by atoms with Gasteiger partial charge in [-0.3, -0.25) is 4.79 Å². The van der Waals surface area contributed by atoms with E-state index in [1.807, 2.05) is 26.0 Å². The van der Waals surface area contributed by atoms with Crippen LogP contribution in [0.2, 0.25) is 0 Å². The summed E-state index contributed by atoms with van der Waals surface area (Å²) in [6.07, 6.45) is 0. The molecule has 1 N–H and O–H groups in total. The lowest BCUT2D eigenvalue weighted by atomic mass is 10.1. The molecule has 1 heterocycles. The van der Waals surface area contributed by atoms with Crippen molar-refractivity contribution in [1.82, 2.24) is 15.0 Å². The fourth-order valence-electron chi connectivity index (χ4n) is 2.63. The number of ether oxygens (including phenoxy) is 1. The number of rotatable bonds is 5. The molecule has 7 heteroatoms. The maximum atomic E-state index is 13.8. The molecule has 3 aromatic rings. The minimum Gasteiger partial charge on any atom is -0.497 e. The molecule has 0 radical (unpaired) electrons. The van der Waals surface area contributed by atoms with Crippen LogP contribution < -0.4 is 10.1 Å². The predicted molar refractivity (Wildman–Crippen MR) is 96.4 cm³/mol. The van der Waals surface area contributed by atoms with Crippen molar-refractivity contribution in [3.8, 4) is 11.4 Å². The van der Waals surface area contributed by atoms with Gasteiger partial charge >= 0.3 is 0 Å². The van der Waals surface area contributed by atoms with Crippen LogP contribution in [-0.4, -0.2) is 28.0 Å². The first-order valence-corrected chi connectivity index (χ1v) is 8.17. The average Bonchev–Trinajstić information content (AvgIpc) is 3.09. The monoisotopic (exact) mass is 354 g/mol. The number of aromatic nitrogens is 3. The molecule has 0 unspecified atom stereocenters. The fourth-order valence-corrected chi connectivity index (χ4v) is 2.63. The zero-order chi connectivity index (χ0) is 18.7. The van der Waals surface area contributed by atoms with Crippen LogP contribution in [0.3, 0.4) is 0 Å². The minimum atomic E-state index is -0.505. The lowest BCUT2D eigenvalue weighted by Gasteiger charge is -2.12. The second kappa shape index (κ2) is 7.35. The van der Waals surface area contributed by atoms with E-state index >= 15 is 0 Å². The van der Waals surface area contributed by atoms with E-state index in [1.54, 1.807) is 36.1 Å². The largest absolute Gasteiger partial charge is 0.497 e. The van der Waals surface area contributed by atoms with Gasteiger partial charge in [0.25, 0.3) is 5.91 Å². The summed E-state index contributed by atoms with van der Waals surface area (Å²) in [5.41, 5.74) is 1.67. The summed E-state index contributed by atoms with van der Waals surface area (Å²) in [6.45, 7) is 3.89. The first-order chi connectivity index (χ1) is 12.5. The van der Waals surface area contributed by atoms with Gasteiger partial charge in [0.15, 0.2) is 5.69 Å². The van der Waals surface area contributed by atoms with E-state index in [9.17, 15) is 9.18 Å². The van der Waals surface area contributed by atoms with Crippen molar-refractivity contribution in [1.29, 1.82) is 0 Å². The molecule has 0 aliphatic heterocycles. The molecule has 3 rings (SSSR count). The second-order valence-corrected chi connectivity index (χ2v) is 6.02. The maximum absolute atomic E-state index is 13.8. The molecule has 6 nitrogen and oxygen atoms in total. The molecule has 0 bridgehead atoms. The summed E-state index contributed by atoms with van der Waals surface area (Å²) in [5, 5.41) is 10.7. The van der Waals surface area contributed by atoms with E-state index in [4.69, 9.17) is 4.74 Å². The summed E-state index contributed by atoms with van der Waals surface area (Å²) < 4.78 is 20.6. The van der Waals surface area contributed by atoms with Crippen molar-refractivity contribution in [3.63, 3.8) is 0 Å². The van der Waals surface area contributed by atoms with E-state index in [0.29, 0.717) is 5.69 Å². The van der Waals surface area contributed by atoms with E-state index in [-0.39, 0.29) is 17.3 Å². The van der Waals surface area contributed by atoms with Crippen molar-refractivity contribution >= 4 is 11.6 Å². The molecule has 0 fully saturated rings. The van der Waals surface area contributed by atoms with Crippen LogP contribution in [0.1, 0.15) is 35.9 Å². The van der Waals surface area contributed by atoms with Crippen molar-refractivity contribution in [2.75, 3.05) is 12.4 Å². The lowest BCUT2D eigenvalue weighted by molar-refractivity contribution is 0.102. The summed E-state index contributed by atoms with van der Waals surface area (Å²) >= 11 is 0. The van der Waals surface area contributed by atoms with E-state index < -0.39 is 11.7 Å². The summed E-state index contributed by atoms with van der Waals surface area (Å²) in [5.74, 6) is -0.306. The summed E-state index contributed by atoms with van der Waals surface area (Å²) in [4.78, 5) is 12.6. The smallest absolute Gasteiger partial charge is 0.278 e. The Balaban J connectivity index is 1.96. The number of carbonyl (C=O) groups is 1. The van der Waals surface area contributed by atoms with Gasteiger partial charge in [0, 0.05) is 0 Å². The molecule has 0 spiro atoms. The Kier molecular flexibility index (Phi) is 4.97. The van der Waals surface area contributed by atoms with Gasteiger partial charge in [-0.2, -0.15) is 0 Å². The first kappa shape index (κ1) is 17.6. The van der Waals surface area contributed by atoms with Crippen LogP contribution in [0.25, 0.3) is 5.69 Å². The molecular weight excluding hydrogens is 335 g/mol. The molecular formula is C19H19FN4O2. The molecule has 26 heavy (non-hydrogen) atoms. The van der Waals surface area contributed by atoms with Crippen molar-refractivity contribution in [3.05, 3.63) is 65.7 Å². The predicted octanol–water partition coefficient (Wildman–Crippen LogP) is 3.79. The fraction of sp³-hybridized carbons (Fsp3) is 0.211. The van der Waals surface area contributed by atoms with Crippen molar-refractivity contribution < 1.29 is 13.9 Å². The third kappa shape index (κ3) is 3.42. The quantitative estimate of drug-likeness (QED) is 0.757. The van der Waals surface area contributed by atoms with Gasteiger partial charge < -0.3 is 10.1 Å². The number of halogens is 1. The number of anilines is 1. The second-order valence-electron chi connectivity index (χ2n) is 6.02. The number of methoxy groups -OCH3 is 1. The zero-order valence-electron chi connectivity index (χ0n) is 14.7. The number of hydrogen-bond donors (Lipinski definition) is 1. The number of carbonyl (C=O) groups excluding carboxylic acids is 1. The van der Waals surface area contributed by atoms with Crippen LogP contribution in [0.4, 0.5) is 10.1 Å². The van der Waals surface area contributed by atoms with Crippen LogP contribution in [-0.2, 0) is 0 Å². The molecule has 0 saturated carbocycles. The lowest BCUT2D eigenvalue weighted by Crippen LogP contribution is -2.17. The Hall–Kier alpha value is -3.22. The average molecular weight is 354 g/mol. The highest BCUT2D eigenvalue weighted by Gasteiger charge is 2.23. The van der Waals surface area contributed by atoms with Gasteiger partial charge in [-0.15, -0.1) is 5.10 Å². The standard InChI is InChI=1S/C19H19FN4O2/c1-12(2)18-17(19(25)21-16-7-5-4-6-15(16)20)22-23-24(18)13-8-10-14(26-3)11-9-13/h4-12H,1-3H3,(H,21,25). The third-order valence-electron chi connectivity index (χ3n) is 3.91. The SMILES string of the molecule is COc1ccc(-n2nnc(C(=O)Nc3ccccc3F)c2C(C)C)cc1. The number of nitrogens with zero attached hydrogens (tertiary/aromatic N) is 3. The number of para-hydroxylation sites is 1. The minimum absolute atomic E-state index is 0.0199. The highest BCUT2D eigenvalue weighted by Crippen LogP contribution is 2.24. The molecule has 0 saturated heterocycles. The Bertz CT molecular complexity index is 920. The number of nitrogens with one attached hydrogen (secondary N) is 1. The van der Waals surface area contributed by atoms with E-state index in [0.717, 1.165) is 11.4 Å². The molecule has 0 aliphatic carbocycles. The molecule has 0 atom stereocenters. The van der Waals surface area contributed by atoms with Gasteiger partial charge in [0.05, 0.1) is 24.2 Å². The van der Waals surface area contributed by atoms with Crippen LogP contribution >= 0.6 is 0 Å². The molecule has 2 aromatic carbocycles. The molecule has 134 valence electrons. The zero-order valence-corrected chi connectivity index (χ0v) is 14.7. The van der Waals surface area contributed by atoms with Crippen molar-refractivity contribution in [2.24, 2.45) is 0 Å². The van der Waals surface area contributed by atoms with Crippen molar-refractivity contribution in [2.45, 2.75) is 19.8 Å². The highest BCUT2D eigenvalue weighted by molar-refractivity contribution is 6.03. The van der Waals surface area contributed by atoms with Crippen LogP contribution in [0, 0.1) is 5.82 Å². The molecule has 1 amide bonds. The van der Waals surface area contributed by atoms with Crippen LogP contribution in [0.15, 0.2) is 48.5 Å². The third-order valence-corrected chi connectivity index (χ3v) is 3.91. The van der Waals surface area contributed by atoms with Gasteiger partial charge in [0.2, 0.25) is 0 Å². The summed E-state index contributed by atoms with van der Waals surface area (Å²) in [7, 11) is 1.59. The highest BCUT2D eigenvalue weighted by atomic mass is 19.1. The normalized spacial score (nSPS) is 10.8. The topological polar surface area (TPSA) is 69.0 Å². The number of hydrogen-bond acceptors (Lipinski definition) is 4. The Morgan fingerprint density at radius 3 is 2.46 bits per heavy atom. The summed E-state index contributed by atoms with van der Waals surface area (Å²) in [6, 6.07) is 13.3. The number of amides is 1.